The summed E-state index contributed by atoms with van der Waals surface area (Å²) >= 11 is 0. The fourth-order valence-electron chi connectivity index (χ4n) is 3.81. The van der Waals surface area contributed by atoms with Crippen LogP contribution in [0.25, 0.3) is 11.1 Å². The van der Waals surface area contributed by atoms with Crippen LogP contribution >= 0.6 is 0 Å². The predicted molar refractivity (Wildman–Crippen MR) is 117 cm³/mol. The van der Waals surface area contributed by atoms with Gasteiger partial charge < -0.3 is 15.0 Å². The number of amides is 2. The molecule has 6 heteroatoms. The molecule has 30 heavy (non-hydrogen) atoms. The van der Waals surface area contributed by atoms with Gasteiger partial charge in [-0.15, -0.1) is 0 Å². The first-order chi connectivity index (χ1) is 14.4. The van der Waals surface area contributed by atoms with Crippen LogP contribution in [0.5, 0.6) is 0 Å². The molecule has 1 atom stereocenters. The fourth-order valence-corrected chi connectivity index (χ4v) is 3.81. The Morgan fingerprint density at radius 2 is 1.80 bits per heavy atom. The summed E-state index contributed by atoms with van der Waals surface area (Å²) in [5.41, 5.74) is 2.11. The summed E-state index contributed by atoms with van der Waals surface area (Å²) in [4.78, 5) is 31.5. The highest BCUT2D eigenvalue weighted by atomic mass is 16.5. The number of carbonyl (C=O) groups is 2. The maximum Gasteiger partial charge on any atom is 0.254 e. The van der Waals surface area contributed by atoms with Gasteiger partial charge in [-0.2, -0.15) is 0 Å². The summed E-state index contributed by atoms with van der Waals surface area (Å²) in [7, 11) is 0. The number of ether oxygens (including phenoxy) is 1. The first-order valence-electron chi connectivity index (χ1n) is 10.6. The Morgan fingerprint density at radius 3 is 2.43 bits per heavy atom. The van der Waals surface area contributed by atoms with Gasteiger partial charge >= 0.3 is 0 Å². The molecule has 1 N–H and O–H groups in total. The van der Waals surface area contributed by atoms with Crippen LogP contribution in [0.1, 0.15) is 32.8 Å². The lowest BCUT2D eigenvalue weighted by Gasteiger charge is -2.42. The Bertz CT molecular complexity index is 852. The second kappa shape index (κ2) is 9.85. The van der Waals surface area contributed by atoms with Crippen molar-refractivity contribution in [3.63, 3.8) is 0 Å². The van der Waals surface area contributed by atoms with Crippen LogP contribution in [0, 0.1) is 5.92 Å². The Labute approximate surface area is 178 Å². The number of aromatic nitrogens is 1. The summed E-state index contributed by atoms with van der Waals surface area (Å²) in [6.45, 7) is 7.62. The Morgan fingerprint density at radius 1 is 1.13 bits per heavy atom. The molecule has 2 heterocycles. The van der Waals surface area contributed by atoms with Crippen LogP contribution in [0.4, 0.5) is 0 Å². The minimum atomic E-state index is -1.07. The van der Waals surface area contributed by atoms with E-state index < -0.39 is 5.60 Å². The molecule has 0 radical (unpaired) electrons. The minimum absolute atomic E-state index is 0.0787. The van der Waals surface area contributed by atoms with E-state index in [1.54, 1.807) is 17.3 Å². The molecule has 0 saturated carbocycles. The van der Waals surface area contributed by atoms with Crippen LogP contribution in [0.2, 0.25) is 0 Å². The Hall–Kier alpha value is -2.73. The van der Waals surface area contributed by atoms with Crippen molar-refractivity contribution in [3.05, 3.63) is 54.4 Å². The molecule has 1 aromatic carbocycles. The molecule has 3 rings (SSSR count). The van der Waals surface area contributed by atoms with Gasteiger partial charge in [0.2, 0.25) is 5.91 Å². The number of hydrogen-bond donors (Lipinski definition) is 1. The molecule has 0 spiro atoms. The third-order valence-corrected chi connectivity index (χ3v) is 5.33. The summed E-state index contributed by atoms with van der Waals surface area (Å²) in [6, 6.07) is 12.1. The molecule has 6 nitrogen and oxygen atoms in total. The van der Waals surface area contributed by atoms with E-state index >= 15 is 0 Å². The molecule has 1 aliphatic rings. The topological polar surface area (TPSA) is 71.5 Å². The highest BCUT2D eigenvalue weighted by Gasteiger charge is 2.44. The Balaban J connectivity index is 1.81. The van der Waals surface area contributed by atoms with E-state index in [1.165, 1.54) is 0 Å². The number of likely N-dealkylation sites (N-methyl/N-ethyl adjacent to an activating group) is 1. The zero-order valence-corrected chi connectivity index (χ0v) is 18.1. The second-order valence-corrected chi connectivity index (χ2v) is 8.23. The quantitative estimate of drug-likeness (QED) is 0.763. The van der Waals surface area contributed by atoms with Crippen molar-refractivity contribution in [3.8, 4) is 11.1 Å². The summed E-state index contributed by atoms with van der Waals surface area (Å²) in [5.74, 6) is 0.195. The molecule has 160 valence electrons. The van der Waals surface area contributed by atoms with Crippen LogP contribution in [0.15, 0.2) is 48.8 Å². The lowest BCUT2D eigenvalue weighted by atomic mass is 9.90. The fraction of sp³-hybridized carbons (Fsp3) is 0.458. The highest BCUT2D eigenvalue weighted by molar-refractivity contribution is 5.87. The van der Waals surface area contributed by atoms with Gasteiger partial charge in [-0.05, 0) is 41.7 Å². The molecule has 2 amide bonds. The van der Waals surface area contributed by atoms with Gasteiger partial charge in [0.05, 0.1) is 13.2 Å². The lowest BCUT2D eigenvalue weighted by molar-refractivity contribution is -0.166. The highest BCUT2D eigenvalue weighted by Crippen LogP contribution is 2.27. The van der Waals surface area contributed by atoms with E-state index in [0.717, 1.165) is 16.7 Å². The van der Waals surface area contributed by atoms with Gasteiger partial charge in [-0.3, -0.25) is 14.6 Å². The molecule has 2 aromatic rings. The molecule has 0 bridgehead atoms. The maximum absolute atomic E-state index is 13.0. The first-order valence-corrected chi connectivity index (χ1v) is 10.6. The van der Waals surface area contributed by atoms with Crippen molar-refractivity contribution < 1.29 is 14.3 Å². The van der Waals surface area contributed by atoms with E-state index in [0.29, 0.717) is 32.5 Å². The summed E-state index contributed by atoms with van der Waals surface area (Å²) < 4.78 is 6.07. The lowest BCUT2D eigenvalue weighted by Crippen LogP contribution is -2.62. The van der Waals surface area contributed by atoms with Gasteiger partial charge in [0.15, 0.2) is 5.60 Å². The normalized spacial score (nSPS) is 19.0. The average Bonchev–Trinajstić information content (AvgIpc) is 2.75. The van der Waals surface area contributed by atoms with E-state index in [9.17, 15) is 9.59 Å². The molecular weight excluding hydrogens is 378 g/mol. The molecule has 1 saturated heterocycles. The predicted octanol–water partition coefficient (Wildman–Crippen LogP) is 3.07. The van der Waals surface area contributed by atoms with Gasteiger partial charge in [0.25, 0.3) is 5.91 Å². The Kier molecular flexibility index (Phi) is 7.21. The number of nitrogens with one attached hydrogen (secondary N) is 1. The monoisotopic (exact) mass is 409 g/mol. The molecular formula is C24H31N3O3. The van der Waals surface area contributed by atoms with E-state index in [4.69, 9.17) is 4.74 Å². The van der Waals surface area contributed by atoms with Gasteiger partial charge in [-0.25, -0.2) is 0 Å². The van der Waals surface area contributed by atoms with Crippen LogP contribution in [-0.2, 0) is 20.7 Å². The van der Waals surface area contributed by atoms with E-state index in [1.807, 2.05) is 57.2 Å². The summed E-state index contributed by atoms with van der Waals surface area (Å²) in [5, 5.41) is 2.90. The number of morpholine rings is 1. The minimum Gasteiger partial charge on any atom is -0.361 e. The van der Waals surface area contributed by atoms with Crippen LogP contribution in [-0.4, -0.2) is 53.5 Å². The van der Waals surface area contributed by atoms with Crippen molar-refractivity contribution in [2.24, 2.45) is 5.92 Å². The third kappa shape index (κ3) is 5.25. The van der Waals surface area contributed by atoms with Crippen molar-refractivity contribution in [2.45, 2.75) is 39.2 Å². The molecule has 1 aromatic heterocycles. The number of carbonyl (C=O) groups excluding carboxylic acids is 2. The zero-order valence-electron chi connectivity index (χ0n) is 18.1. The molecule has 1 aliphatic heterocycles. The van der Waals surface area contributed by atoms with Gasteiger partial charge in [0, 0.05) is 38.3 Å². The number of benzene rings is 1. The van der Waals surface area contributed by atoms with Crippen molar-refractivity contribution in [2.75, 3.05) is 26.2 Å². The largest absolute Gasteiger partial charge is 0.361 e. The molecule has 0 unspecified atom stereocenters. The van der Waals surface area contributed by atoms with E-state index in [-0.39, 0.29) is 24.3 Å². The zero-order chi connectivity index (χ0) is 21.6. The van der Waals surface area contributed by atoms with Gasteiger partial charge in [-0.1, -0.05) is 38.1 Å². The maximum atomic E-state index is 13.0. The second-order valence-electron chi connectivity index (χ2n) is 8.23. The third-order valence-electron chi connectivity index (χ3n) is 5.33. The smallest absolute Gasteiger partial charge is 0.254 e. The van der Waals surface area contributed by atoms with Crippen molar-refractivity contribution >= 4 is 11.8 Å². The first kappa shape index (κ1) is 22.0. The molecule has 0 aliphatic carbocycles. The van der Waals surface area contributed by atoms with Crippen LogP contribution < -0.4 is 5.32 Å². The standard InChI is InChI=1S/C24H31N3O3/c1-4-26-23(29)24(17-27(13-14-30-24)22(28)15-18(2)3)16-19-5-7-20(8-6-19)21-9-11-25-12-10-21/h5-12,18H,4,13-17H2,1-3H3,(H,26,29)/t24-/m1/s1. The number of rotatable bonds is 7. The average molecular weight is 410 g/mol. The number of pyridine rings is 1. The van der Waals surface area contributed by atoms with Crippen molar-refractivity contribution in [1.29, 1.82) is 0 Å². The molecule has 1 fully saturated rings. The number of hydrogen-bond acceptors (Lipinski definition) is 4. The SMILES string of the molecule is CCNC(=O)[C@@]1(Cc2ccc(-c3ccncc3)cc2)CN(C(=O)CC(C)C)CCO1. The van der Waals surface area contributed by atoms with E-state index in [2.05, 4.69) is 10.3 Å². The van der Waals surface area contributed by atoms with Gasteiger partial charge in [0.1, 0.15) is 0 Å². The summed E-state index contributed by atoms with van der Waals surface area (Å²) in [6.07, 6.45) is 4.44. The van der Waals surface area contributed by atoms with Crippen LogP contribution in [0.3, 0.4) is 0 Å². The number of nitrogens with zero attached hydrogens (tertiary/aromatic N) is 2. The van der Waals surface area contributed by atoms with Crippen molar-refractivity contribution in [1.82, 2.24) is 15.2 Å².